The Morgan fingerprint density at radius 1 is 1.04 bits per heavy atom. The maximum absolute atomic E-state index is 13.9. The molecule has 1 aromatic carbocycles. The van der Waals surface area contributed by atoms with Gasteiger partial charge in [-0.2, -0.15) is 5.26 Å². The number of hydrogen-bond donors (Lipinski definition) is 0. The van der Waals surface area contributed by atoms with Gasteiger partial charge in [-0.1, -0.05) is 0 Å². The first-order valence-electron chi connectivity index (χ1n) is 9.47. The maximum atomic E-state index is 13.9. The largest absolute Gasteiger partial charge is 0.351 e. The van der Waals surface area contributed by atoms with Gasteiger partial charge in [-0.3, -0.25) is 4.90 Å². The van der Waals surface area contributed by atoms with Crippen molar-refractivity contribution < 1.29 is 8.78 Å². The molecule has 0 N–H and O–H groups in total. The molecular weight excluding hydrogens is 346 g/mol. The SMILES string of the molecule is N#Cc1ccc(N2C[C@H](c3cc(F)cc(F)c3)[C@@H]3[C@H]2C2CCN3CC2)nc1. The van der Waals surface area contributed by atoms with E-state index in [1.165, 1.54) is 12.1 Å². The van der Waals surface area contributed by atoms with Gasteiger partial charge in [0, 0.05) is 36.8 Å². The molecule has 6 heteroatoms. The molecule has 4 nitrogen and oxygen atoms in total. The fourth-order valence-electron chi connectivity index (χ4n) is 5.39. The molecule has 2 bridgehead atoms. The lowest BCUT2D eigenvalue weighted by atomic mass is 9.75. The molecule has 0 aliphatic carbocycles. The van der Waals surface area contributed by atoms with Crippen molar-refractivity contribution in [3.63, 3.8) is 0 Å². The molecule has 27 heavy (non-hydrogen) atoms. The number of rotatable bonds is 2. The first-order valence-corrected chi connectivity index (χ1v) is 9.47. The van der Waals surface area contributed by atoms with E-state index in [1.54, 1.807) is 12.3 Å². The molecular formula is C21H20F2N4. The van der Waals surface area contributed by atoms with Gasteiger partial charge in [-0.25, -0.2) is 13.8 Å². The Kier molecular flexibility index (Phi) is 3.87. The number of nitrogens with zero attached hydrogens (tertiary/aromatic N) is 4. The van der Waals surface area contributed by atoms with E-state index in [0.29, 0.717) is 24.1 Å². The lowest BCUT2D eigenvalue weighted by Crippen LogP contribution is -2.60. The Bertz CT molecular complexity index is 879. The predicted octanol–water partition coefficient (Wildman–Crippen LogP) is 3.30. The number of fused-ring (bicyclic) bond motifs is 2. The molecule has 3 atom stereocenters. The number of piperidine rings is 3. The summed E-state index contributed by atoms with van der Waals surface area (Å²) in [4.78, 5) is 9.29. The molecule has 5 heterocycles. The molecule has 6 rings (SSSR count). The summed E-state index contributed by atoms with van der Waals surface area (Å²) < 4.78 is 27.8. The number of halogens is 2. The van der Waals surface area contributed by atoms with Crippen LogP contribution in [-0.4, -0.2) is 41.6 Å². The molecule has 0 amide bonds. The van der Waals surface area contributed by atoms with Gasteiger partial charge in [0.25, 0.3) is 0 Å². The first kappa shape index (κ1) is 16.6. The van der Waals surface area contributed by atoms with E-state index in [9.17, 15) is 8.78 Å². The molecule has 4 aliphatic rings. The minimum absolute atomic E-state index is 0.0424. The van der Waals surface area contributed by atoms with Crippen molar-refractivity contribution in [1.82, 2.24) is 9.88 Å². The monoisotopic (exact) mass is 366 g/mol. The molecule has 0 unspecified atom stereocenters. The Labute approximate surface area is 157 Å². The summed E-state index contributed by atoms with van der Waals surface area (Å²) in [5.74, 6) is 0.415. The Morgan fingerprint density at radius 3 is 2.41 bits per heavy atom. The lowest BCUT2D eigenvalue weighted by Gasteiger charge is -2.51. The van der Waals surface area contributed by atoms with Crippen LogP contribution in [0.5, 0.6) is 0 Å². The fourth-order valence-corrected chi connectivity index (χ4v) is 5.39. The Hall–Kier alpha value is -2.52. The van der Waals surface area contributed by atoms with Crippen LogP contribution in [0.2, 0.25) is 0 Å². The molecule has 0 radical (unpaired) electrons. The quantitative estimate of drug-likeness (QED) is 0.818. The Morgan fingerprint density at radius 2 is 1.78 bits per heavy atom. The summed E-state index contributed by atoms with van der Waals surface area (Å²) in [6.45, 7) is 2.79. The molecule has 4 fully saturated rings. The third-order valence-electron chi connectivity index (χ3n) is 6.48. The summed E-state index contributed by atoms with van der Waals surface area (Å²) in [5, 5.41) is 9.03. The van der Waals surface area contributed by atoms with Crippen molar-refractivity contribution in [1.29, 1.82) is 5.26 Å². The number of hydrogen-bond acceptors (Lipinski definition) is 4. The van der Waals surface area contributed by atoms with Gasteiger partial charge in [-0.05, 0) is 61.7 Å². The summed E-state index contributed by atoms with van der Waals surface area (Å²) in [7, 11) is 0. The molecule has 2 aromatic rings. The first-order chi connectivity index (χ1) is 13.1. The number of aromatic nitrogens is 1. The van der Waals surface area contributed by atoms with Gasteiger partial charge >= 0.3 is 0 Å². The van der Waals surface area contributed by atoms with Crippen molar-refractivity contribution >= 4 is 5.82 Å². The summed E-state index contributed by atoms with van der Waals surface area (Å²) in [6.07, 6.45) is 3.90. The van der Waals surface area contributed by atoms with Crippen LogP contribution in [0.3, 0.4) is 0 Å². The van der Waals surface area contributed by atoms with Gasteiger partial charge in [0.05, 0.1) is 5.56 Å². The van der Waals surface area contributed by atoms with Gasteiger partial charge in [0.2, 0.25) is 0 Å². The van der Waals surface area contributed by atoms with E-state index in [0.717, 1.165) is 43.4 Å². The fraction of sp³-hybridized carbons (Fsp3) is 0.429. The van der Waals surface area contributed by atoms with Crippen LogP contribution in [0.25, 0.3) is 0 Å². The van der Waals surface area contributed by atoms with Crippen molar-refractivity contribution in [3.05, 3.63) is 59.3 Å². The topological polar surface area (TPSA) is 43.2 Å². The average molecular weight is 366 g/mol. The molecule has 4 aliphatic heterocycles. The van der Waals surface area contributed by atoms with Crippen molar-refractivity contribution in [3.8, 4) is 6.07 Å². The van der Waals surface area contributed by atoms with Crippen LogP contribution >= 0.6 is 0 Å². The standard InChI is InChI=1S/C21H20F2N4/c22-16-7-15(8-17(23)9-16)18-12-27(19-2-1-13(10-24)11-25-19)20-14-3-5-26(6-4-14)21(18)20/h1-2,7-9,11,14,18,20-21H,3-6,12H2/t18-,20-,21-/m1/s1. The van der Waals surface area contributed by atoms with Gasteiger partial charge in [0.1, 0.15) is 23.5 Å². The normalized spacial score (nSPS) is 31.6. The zero-order valence-corrected chi connectivity index (χ0v) is 14.9. The number of nitriles is 1. The minimum atomic E-state index is -0.521. The highest BCUT2D eigenvalue weighted by Crippen LogP contribution is 2.47. The second-order valence-electron chi connectivity index (χ2n) is 7.83. The van der Waals surface area contributed by atoms with Crippen LogP contribution in [0.4, 0.5) is 14.6 Å². The number of anilines is 1. The van der Waals surface area contributed by atoms with E-state index in [2.05, 4.69) is 20.9 Å². The second-order valence-corrected chi connectivity index (χ2v) is 7.83. The van der Waals surface area contributed by atoms with Crippen LogP contribution in [0, 0.1) is 28.9 Å². The van der Waals surface area contributed by atoms with Crippen molar-refractivity contribution in [2.45, 2.75) is 30.8 Å². The predicted molar refractivity (Wildman–Crippen MR) is 97.3 cm³/mol. The molecule has 1 aromatic heterocycles. The molecule has 138 valence electrons. The van der Waals surface area contributed by atoms with E-state index in [4.69, 9.17) is 5.26 Å². The Balaban J connectivity index is 1.56. The van der Waals surface area contributed by atoms with Gasteiger partial charge < -0.3 is 4.90 Å². The average Bonchev–Trinajstić information content (AvgIpc) is 3.11. The highest BCUT2D eigenvalue weighted by molar-refractivity contribution is 5.48. The van der Waals surface area contributed by atoms with Crippen LogP contribution in [0.15, 0.2) is 36.5 Å². The summed E-state index contributed by atoms with van der Waals surface area (Å²) in [6, 6.07) is 10.2. The van der Waals surface area contributed by atoms with E-state index < -0.39 is 11.6 Å². The molecule has 0 saturated carbocycles. The van der Waals surface area contributed by atoms with Gasteiger partial charge in [0.15, 0.2) is 0 Å². The van der Waals surface area contributed by atoms with Crippen LogP contribution in [-0.2, 0) is 0 Å². The number of pyridine rings is 1. The van der Waals surface area contributed by atoms with Crippen LogP contribution in [0.1, 0.15) is 29.9 Å². The van der Waals surface area contributed by atoms with E-state index in [-0.39, 0.29) is 12.0 Å². The van der Waals surface area contributed by atoms with Crippen molar-refractivity contribution in [2.75, 3.05) is 24.5 Å². The minimum Gasteiger partial charge on any atom is -0.351 e. The molecule has 4 saturated heterocycles. The summed E-state index contributed by atoms with van der Waals surface area (Å²) >= 11 is 0. The van der Waals surface area contributed by atoms with Crippen LogP contribution < -0.4 is 4.90 Å². The smallest absolute Gasteiger partial charge is 0.128 e. The zero-order valence-electron chi connectivity index (χ0n) is 14.9. The summed E-state index contributed by atoms with van der Waals surface area (Å²) in [5.41, 5.74) is 1.26. The third kappa shape index (κ3) is 2.69. The van der Waals surface area contributed by atoms with Gasteiger partial charge in [-0.15, -0.1) is 0 Å². The highest BCUT2D eigenvalue weighted by atomic mass is 19.1. The molecule has 0 spiro atoms. The number of benzene rings is 1. The maximum Gasteiger partial charge on any atom is 0.128 e. The van der Waals surface area contributed by atoms with Crippen molar-refractivity contribution in [2.24, 2.45) is 5.92 Å². The van der Waals surface area contributed by atoms with E-state index >= 15 is 0 Å². The second kappa shape index (κ2) is 6.28. The lowest BCUT2D eigenvalue weighted by molar-refractivity contribution is 0.0354. The third-order valence-corrected chi connectivity index (χ3v) is 6.48. The zero-order chi connectivity index (χ0) is 18.5. The van der Waals surface area contributed by atoms with E-state index in [1.807, 2.05) is 6.07 Å². The highest BCUT2D eigenvalue weighted by Gasteiger charge is 2.53.